The number of nitrogens with zero attached hydrogens (tertiary/aromatic N) is 2. The van der Waals surface area contributed by atoms with E-state index in [9.17, 15) is 0 Å². The highest BCUT2D eigenvalue weighted by atomic mass is 16.3. The van der Waals surface area contributed by atoms with E-state index in [1.54, 1.807) is 0 Å². The Morgan fingerprint density at radius 1 is 0.345 bits per heavy atom. The van der Waals surface area contributed by atoms with Gasteiger partial charge in [-0.25, -0.2) is 4.98 Å². The fourth-order valence-electron chi connectivity index (χ4n) is 8.41. The van der Waals surface area contributed by atoms with E-state index in [4.69, 9.17) is 14.4 Å². The summed E-state index contributed by atoms with van der Waals surface area (Å²) in [4.78, 5) is 10.0. The van der Waals surface area contributed by atoms with Gasteiger partial charge in [0.2, 0.25) is 0 Å². The van der Waals surface area contributed by atoms with Crippen molar-refractivity contribution in [3.63, 3.8) is 0 Å². The van der Waals surface area contributed by atoms with Gasteiger partial charge in [-0.1, -0.05) is 170 Å². The van der Waals surface area contributed by atoms with Crippen LogP contribution in [0.4, 0.5) is 0 Å². The molecule has 8 aromatic carbocycles. The lowest BCUT2D eigenvalue weighted by atomic mass is 9.86. The molecule has 3 heteroatoms. The average molecular weight is 701 g/mol. The number of fused-ring (bicyclic) bond motifs is 7. The van der Waals surface area contributed by atoms with E-state index < -0.39 is 0 Å². The summed E-state index contributed by atoms with van der Waals surface area (Å²) >= 11 is 0. The molecule has 256 valence electrons. The van der Waals surface area contributed by atoms with Crippen LogP contribution in [0.1, 0.15) is 0 Å². The Morgan fingerprint density at radius 2 is 0.909 bits per heavy atom. The highest BCUT2D eigenvalue weighted by Gasteiger charge is 2.28. The number of pyridine rings is 2. The molecule has 0 spiro atoms. The maximum absolute atomic E-state index is 7.32. The fourth-order valence-corrected chi connectivity index (χ4v) is 8.41. The van der Waals surface area contributed by atoms with E-state index >= 15 is 0 Å². The van der Waals surface area contributed by atoms with Gasteiger partial charge in [0, 0.05) is 44.8 Å². The molecule has 0 N–H and O–H groups in total. The van der Waals surface area contributed by atoms with Gasteiger partial charge in [0.05, 0.1) is 16.7 Å². The first-order valence-corrected chi connectivity index (χ1v) is 18.7. The summed E-state index contributed by atoms with van der Waals surface area (Å²) in [6.07, 6.45) is 1.84. The van der Waals surface area contributed by atoms with Crippen molar-refractivity contribution < 1.29 is 4.42 Å². The molecule has 0 aliphatic carbocycles. The van der Waals surface area contributed by atoms with Crippen LogP contribution in [0.3, 0.4) is 0 Å². The molecular weight excluding hydrogens is 669 g/mol. The molecule has 0 bridgehead atoms. The Labute approximate surface area is 317 Å². The van der Waals surface area contributed by atoms with Crippen molar-refractivity contribution in [3.8, 4) is 56.2 Å². The van der Waals surface area contributed by atoms with Gasteiger partial charge in [-0.15, -0.1) is 0 Å². The molecule has 11 rings (SSSR count). The molecule has 3 nitrogen and oxygen atoms in total. The zero-order valence-electron chi connectivity index (χ0n) is 29.8. The lowest BCUT2D eigenvalue weighted by Crippen LogP contribution is -1.92. The van der Waals surface area contributed by atoms with Crippen molar-refractivity contribution in [1.82, 2.24) is 9.97 Å². The van der Waals surface area contributed by atoms with E-state index in [1.165, 1.54) is 16.2 Å². The largest absolute Gasteiger partial charge is 0.455 e. The molecule has 0 fully saturated rings. The van der Waals surface area contributed by atoms with Crippen LogP contribution in [-0.4, -0.2) is 9.97 Å². The minimum Gasteiger partial charge on any atom is -0.455 e. The van der Waals surface area contributed by atoms with E-state index in [-0.39, 0.29) is 0 Å². The molecule has 0 radical (unpaired) electrons. The molecule has 0 aliphatic rings. The molecule has 0 amide bonds. The van der Waals surface area contributed by atoms with Crippen molar-refractivity contribution in [2.24, 2.45) is 0 Å². The highest BCUT2D eigenvalue weighted by Crippen LogP contribution is 2.52. The van der Waals surface area contributed by atoms with Crippen molar-refractivity contribution in [1.29, 1.82) is 0 Å². The van der Waals surface area contributed by atoms with Crippen LogP contribution in [0.15, 0.2) is 199 Å². The quantitative estimate of drug-likeness (QED) is 0.168. The average Bonchev–Trinajstić information content (AvgIpc) is 3.66. The molecule has 55 heavy (non-hydrogen) atoms. The number of furan rings is 1. The zero-order chi connectivity index (χ0) is 36.3. The Morgan fingerprint density at radius 3 is 1.67 bits per heavy atom. The fraction of sp³-hybridized carbons (Fsp3) is 0. The Hall–Kier alpha value is -7.36. The van der Waals surface area contributed by atoms with Crippen molar-refractivity contribution in [2.45, 2.75) is 0 Å². The third-order valence-electron chi connectivity index (χ3n) is 10.9. The maximum atomic E-state index is 7.32. The zero-order valence-corrected chi connectivity index (χ0v) is 29.8. The third-order valence-corrected chi connectivity index (χ3v) is 10.9. The first kappa shape index (κ1) is 31.2. The van der Waals surface area contributed by atoms with Crippen molar-refractivity contribution in [3.05, 3.63) is 194 Å². The van der Waals surface area contributed by atoms with Gasteiger partial charge in [-0.2, -0.15) is 0 Å². The van der Waals surface area contributed by atoms with Crippen molar-refractivity contribution in [2.75, 3.05) is 0 Å². The van der Waals surface area contributed by atoms with Gasteiger partial charge < -0.3 is 4.42 Å². The Kier molecular flexibility index (Phi) is 7.17. The van der Waals surface area contributed by atoms with E-state index in [0.29, 0.717) is 0 Å². The summed E-state index contributed by atoms with van der Waals surface area (Å²) in [6, 6.07) is 66.6. The van der Waals surface area contributed by atoms with Crippen LogP contribution >= 0.6 is 0 Å². The standard InChI is InChI=1S/C52H32N2O/c1-3-14-33(15-4-1)47-48(51(36-16-5-2-6-17-36)55-52(47)45-32-37-18-7-8-20-38(37)39-21-9-12-24-42(39)45)44-29-28-43(40-22-10-11-23-41(40)44)46-30-27-35-26-25-34-19-13-31-53-49(34)50(35)54-46/h1-32H. The molecular formula is C52H32N2O. The summed E-state index contributed by atoms with van der Waals surface area (Å²) < 4.78 is 7.32. The van der Waals surface area contributed by atoms with E-state index in [0.717, 1.165) is 94.1 Å². The van der Waals surface area contributed by atoms with Gasteiger partial charge in [0.25, 0.3) is 0 Å². The lowest BCUT2D eigenvalue weighted by Gasteiger charge is -2.15. The van der Waals surface area contributed by atoms with Crippen LogP contribution in [-0.2, 0) is 0 Å². The minimum absolute atomic E-state index is 0.839. The summed E-state index contributed by atoms with van der Waals surface area (Å²) in [7, 11) is 0. The number of aromatic nitrogens is 2. The second-order valence-corrected chi connectivity index (χ2v) is 14.0. The predicted octanol–water partition coefficient (Wildman–Crippen LogP) is 14.2. The molecule has 3 aromatic heterocycles. The van der Waals surface area contributed by atoms with Gasteiger partial charge in [-0.3, -0.25) is 4.98 Å². The van der Waals surface area contributed by atoms with Crippen LogP contribution in [0, 0.1) is 0 Å². The third kappa shape index (κ3) is 5.05. The van der Waals surface area contributed by atoms with Gasteiger partial charge in [0.1, 0.15) is 11.5 Å². The Bertz CT molecular complexity index is 3250. The SMILES string of the molecule is c1ccc(-c2oc(-c3cc4ccccc4c4ccccc34)c(-c3ccccc3)c2-c2ccc(-c3ccc4ccc5cccnc5c4n3)c3ccccc23)cc1. The van der Waals surface area contributed by atoms with E-state index in [1.807, 2.05) is 12.3 Å². The first-order valence-electron chi connectivity index (χ1n) is 18.7. The molecule has 0 atom stereocenters. The molecule has 0 aliphatic heterocycles. The van der Waals surface area contributed by atoms with Crippen LogP contribution in [0.25, 0.3) is 110 Å². The molecule has 0 saturated carbocycles. The summed E-state index contributed by atoms with van der Waals surface area (Å²) in [6.45, 7) is 0. The van der Waals surface area contributed by atoms with Crippen LogP contribution in [0.5, 0.6) is 0 Å². The second kappa shape index (κ2) is 12.6. The van der Waals surface area contributed by atoms with Gasteiger partial charge in [0.15, 0.2) is 0 Å². The number of hydrogen-bond donors (Lipinski definition) is 0. The lowest BCUT2D eigenvalue weighted by molar-refractivity contribution is 0.599. The normalized spacial score (nSPS) is 11.6. The number of rotatable bonds is 5. The monoisotopic (exact) mass is 700 g/mol. The molecule has 0 saturated heterocycles. The smallest absolute Gasteiger partial charge is 0.143 e. The Balaban J connectivity index is 1.23. The number of hydrogen-bond acceptors (Lipinski definition) is 3. The summed E-state index contributed by atoms with van der Waals surface area (Å²) in [5.74, 6) is 1.69. The predicted molar refractivity (Wildman–Crippen MR) is 229 cm³/mol. The topological polar surface area (TPSA) is 38.9 Å². The van der Waals surface area contributed by atoms with Crippen LogP contribution < -0.4 is 0 Å². The van der Waals surface area contributed by atoms with Crippen molar-refractivity contribution >= 4 is 54.1 Å². The van der Waals surface area contributed by atoms with Crippen LogP contribution in [0.2, 0.25) is 0 Å². The first-order chi connectivity index (χ1) is 27.3. The minimum atomic E-state index is 0.839. The van der Waals surface area contributed by atoms with E-state index in [2.05, 4.69) is 182 Å². The maximum Gasteiger partial charge on any atom is 0.143 e. The van der Waals surface area contributed by atoms with Gasteiger partial charge in [-0.05, 0) is 61.6 Å². The summed E-state index contributed by atoms with van der Waals surface area (Å²) in [5, 5.41) is 9.16. The molecule has 11 aromatic rings. The second-order valence-electron chi connectivity index (χ2n) is 14.0. The highest BCUT2D eigenvalue weighted by molar-refractivity contribution is 6.17. The molecule has 0 unspecified atom stereocenters. The van der Waals surface area contributed by atoms with Gasteiger partial charge >= 0.3 is 0 Å². The summed E-state index contributed by atoms with van der Waals surface area (Å²) in [5.41, 5.74) is 10.2. The number of benzene rings is 8. The molecule has 3 heterocycles.